The number of benzene rings is 1. The zero-order valence-corrected chi connectivity index (χ0v) is 10.2. The van der Waals surface area contributed by atoms with E-state index in [-0.39, 0.29) is 0 Å². The molecule has 2 aromatic heterocycles. The van der Waals surface area contributed by atoms with Gasteiger partial charge in [0.15, 0.2) is 5.58 Å². The summed E-state index contributed by atoms with van der Waals surface area (Å²) in [6, 6.07) is 11.3. The lowest BCUT2D eigenvalue weighted by molar-refractivity contribution is 0.489. The van der Waals surface area contributed by atoms with Crippen LogP contribution >= 0.6 is 23.4 Å². The van der Waals surface area contributed by atoms with E-state index in [1.165, 1.54) is 11.8 Å². The number of pyridine rings is 1. The Bertz CT molecular complexity index is 635. The van der Waals surface area contributed by atoms with Crippen molar-refractivity contribution in [2.45, 2.75) is 10.1 Å². The van der Waals surface area contributed by atoms with Gasteiger partial charge in [0.2, 0.25) is 0 Å². The molecule has 0 amide bonds. The summed E-state index contributed by atoms with van der Waals surface area (Å²) in [5.41, 5.74) is 1.64. The molecule has 0 saturated heterocycles. The second kappa shape index (κ2) is 4.39. The molecule has 84 valence electrons. The number of hydrogen-bond donors (Lipinski definition) is 0. The van der Waals surface area contributed by atoms with Crippen molar-refractivity contribution in [2.24, 2.45) is 0 Å². The van der Waals surface area contributed by atoms with E-state index in [1.807, 2.05) is 30.3 Å². The molecule has 3 rings (SSSR count). The minimum Gasteiger partial charge on any atom is -0.431 e. The zero-order valence-electron chi connectivity index (χ0n) is 8.63. The standard InChI is InChI=1S/C12H7ClN2OS/c13-11-7-8(5-6-14-11)17-12-15-9-3-1-2-4-10(9)16-12/h1-7H. The molecule has 0 radical (unpaired) electrons. The maximum absolute atomic E-state index is 5.81. The number of aromatic nitrogens is 2. The Kier molecular flexibility index (Phi) is 2.74. The summed E-state index contributed by atoms with van der Waals surface area (Å²) >= 11 is 7.24. The van der Waals surface area contributed by atoms with Crippen LogP contribution in [0.3, 0.4) is 0 Å². The van der Waals surface area contributed by atoms with Gasteiger partial charge in [0, 0.05) is 11.1 Å². The molecule has 0 unspecified atom stereocenters. The van der Waals surface area contributed by atoms with Crippen molar-refractivity contribution in [1.82, 2.24) is 9.97 Å². The molecule has 0 N–H and O–H groups in total. The Balaban J connectivity index is 1.94. The van der Waals surface area contributed by atoms with Gasteiger partial charge in [0.25, 0.3) is 5.22 Å². The predicted molar refractivity (Wildman–Crippen MR) is 67.4 cm³/mol. The van der Waals surface area contributed by atoms with E-state index in [4.69, 9.17) is 16.0 Å². The summed E-state index contributed by atoms with van der Waals surface area (Å²) in [6.07, 6.45) is 1.66. The van der Waals surface area contributed by atoms with Gasteiger partial charge in [-0.2, -0.15) is 0 Å². The van der Waals surface area contributed by atoms with Crippen LogP contribution in [0.25, 0.3) is 11.1 Å². The number of oxazole rings is 1. The normalized spacial score (nSPS) is 10.9. The molecule has 0 fully saturated rings. The van der Waals surface area contributed by atoms with Crippen molar-refractivity contribution in [3.05, 3.63) is 47.7 Å². The van der Waals surface area contributed by atoms with Gasteiger partial charge in [-0.1, -0.05) is 23.7 Å². The van der Waals surface area contributed by atoms with Crippen molar-refractivity contribution >= 4 is 34.5 Å². The number of para-hydroxylation sites is 2. The second-order valence-corrected chi connectivity index (χ2v) is 4.78. The average molecular weight is 263 g/mol. The van der Waals surface area contributed by atoms with Gasteiger partial charge in [-0.25, -0.2) is 9.97 Å². The van der Waals surface area contributed by atoms with E-state index in [1.54, 1.807) is 12.3 Å². The van der Waals surface area contributed by atoms with E-state index in [0.29, 0.717) is 10.4 Å². The molecular weight excluding hydrogens is 256 g/mol. The first-order valence-electron chi connectivity index (χ1n) is 4.96. The van der Waals surface area contributed by atoms with Gasteiger partial charge in [-0.3, -0.25) is 0 Å². The Hall–Kier alpha value is -1.52. The summed E-state index contributed by atoms with van der Waals surface area (Å²) in [5.74, 6) is 0. The highest BCUT2D eigenvalue weighted by Crippen LogP contribution is 2.30. The fraction of sp³-hybridized carbons (Fsp3) is 0. The van der Waals surface area contributed by atoms with Gasteiger partial charge >= 0.3 is 0 Å². The maximum Gasteiger partial charge on any atom is 0.261 e. The third-order valence-electron chi connectivity index (χ3n) is 2.18. The molecule has 17 heavy (non-hydrogen) atoms. The van der Waals surface area contributed by atoms with Crippen LogP contribution < -0.4 is 0 Å². The minimum atomic E-state index is 0.464. The third-order valence-corrected chi connectivity index (χ3v) is 3.22. The molecule has 0 bridgehead atoms. The first kappa shape index (κ1) is 10.6. The number of fused-ring (bicyclic) bond motifs is 1. The lowest BCUT2D eigenvalue weighted by atomic mass is 10.3. The summed E-state index contributed by atoms with van der Waals surface area (Å²) in [7, 11) is 0. The van der Waals surface area contributed by atoms with Crippen molar-refractivity contribution in [3.8, 4) is 0 Å². The monoisotopic (exact) mass is 262 g/mol. The van der Waals surface area contributed by atoms with Crippen molar-refractivity contribution in [2.75, 3.05) is 0 Å². The number of nitrogens with zero attached hydrogens (tertiary/aromatic N) is 2. The fourth-order valence-corrected chi connectivity index (χ4v) is 2.46. The van der Waals surface area contributed by atoms with E-state index in [0.717, 1.165) is 16.0 Å². The molecule has 0 aliphatic heterocycles. The highest BCUT2D eigenvalue weighted by molar-refractivity contribution is 7.99. The summed E-state index contributed by atoms with van der Waals surface area (Å²) in [5, 5.41) is 1.07. The van der Waals surface area contributed by atoms with Crippen LogP contribution in [0.1, 0.15) is 0 Å². The molecule has 0 saturated carbocycles. The Morgan fingerprint density at radius 2 is 2.06 bits per heavy atom. The highest BCUT2D eigenvalue weighted by atomic mass is 35.5. The van der Waals surface area contributed by atoms with Crippen LogP contribution in [0.2, 0.25) is 5.15 Å². The van der Waals surface area contributed by atoms with Crippen LogP contribution in [0.5, 0.6) is 0 Å². The Labute approximate surface area is 107 Å². The molecular formula is C12H7ClN2OS. The van der Waals surface area contributed by atoms with Gasteiger partial charge in [-0.15, -0.1) is 0 Å². The topological polar surface area (TPSA) is 38.9 Å². The van der Waals surface area contributed by atoms with Crippen LogP contribution in [0.4, 0.5) is 0 Å². The number of halogens is 1. The molecule has 0 atom stereocenters. The van der Waals surface area contributed by atoms with Crippen molar-refractivity contribution in [3.63, 3.8) is 0 Å². The molecule has 0 aliphatic carbocycles. The lowest BCUT2D eigenvalue weighted by Crippen LogP contribution is -1.76. The van der Waals surface area contributed by atoms with Gasteiger partial charge in [0.05, 0.1) is 0 Å². The van der Waals surface area contributed by atoms with Crippen molar-refractivity contribution < 1.29 is 4.42 Å². The van der Waals surface area contributed by atoms with Crippen LogP contribution in [-0.2, 0) is 0 Å². The predicted octanol–water partition coefficient (Wildman–Crippen LogP) is 4.03. The smallest absolute Gasteiger partial charge is 0.261 e. The third kappa shape index (κ3) is 2.28. The quantitative estimate of drug-likeness (QED) is 0.654. The van der Waals surface area contributed by atoms with Gasteiger partial charge < -0.3 is 4.42 Å². The molecule has 0 spiro atoms. The Morgan fingerprint density at radius 1 is 1.18 bits per heavy atom. The maximum atomic E-state index is 5.81. The molecule has 3 nitrogen and oxygen atoms in total. The molecule has 0 aliphatic rings. The lowest BCUT2D eigenvalue weighted by Gasteiger charge is -1.95. The summed E-state index contributed by atoms with van der Waals surface area (Å²) < 4.78 is 5.60. The van der Waals surface area contributed by atoms with Gasteiger partial charge in [0.1, 0.15) is 10.7 Å². The first-order valence-corrected chi connectivity index (χ1v) is 6.16. The van der Waals surface area contributed by atoms with Crippen LogP contribution in [0, 0.1) is 0 Å². The fourth-order valence-electron chi connectivity index (χ4n) is 1.44. The molecule has 1 aromatic carbocycles. The van der Waals surface area contributed by atoms with Gasteiger partial charge in [-0.05, 0) is 36.0 Å². The van der Waals surface area contributed by atoms with E-state index < -0.39 is 0 Å². The van der Waals surface area contributed by atoms with E-state index in [2.05, 4.69) is 9.97 Å². The molecule has 2 heterocycles. The van der Waals surface area contributed by atoms with Crippen LogP contribution in [0.15, 0.2) is 57.1 Å². The average Bonchev–Trinajstić information content (AvgIpc) is 2.71. The largest absolute Gasteiger partial charge is 0.431 e. The number of hydrogen-bond acceptors (Lipinski definition) is 4. The first-order chi connectivity index (χ1) is 8.31. The SMILES string of the molecule is Clc1cc(Sc2nc3ccccc3o2)ccn1. The Morgan fingerprint density at radius 3 is 2.88 bits per heavy atom. The van der Waals surface area contributed by atoms with Crippen LogP contribution in [-0.4, -0.2) is 9.97 Å². The minimum absolute atomic E-state index is 0.464. The summed E-state index contributed by atoms with van der Waals surface area (Å²) in [6.45, 7) is 0. The van der Waals surface area contributed by atoms with Crippen molar-refractivity contribution in [1.29, 1.82) is 0 Å². The van der Waals surface area contributed by atoms with E-state index in [9.17, 15) is 0 Å². The zero-order chi connectivity index (χ0) is 11.7. The summed E-state index contributed by atoms with van der Waals surface area (Å²) in [4.78, 5) is 9.25. The van der Waals surface area contributed by atoms with E-state index >= 15 is 0 Å². The molecule has 5 heteroatoms. The molecule has 3 aromatic rings. The number of rotatable bonds is 2. The second-order valence-electron chi connectivity index (χ2n) is 3.36. The highest BCUT2D eigenvalue weighted by Gasteiger charge is 2.07.